The van der Waals surface area contributed by atoms with Gasteiger partial charge in [0.05, 0.1) is 12.2 Å². The van der Waals surface area contributed by atoms with Gasteiger partial charge in [0.1, 0.15) is 23.6 Å². The van der Waals surface area contributed by atoms with Crippen molar-refractivity contribution in [3.8, 4) is 0 Å². The Labute approximate surface area is 185 Å². The quantitative estimate of drug-likeness (QED) is 0.596. The van der Waals surface area contributed by atoms with Crippen molar-refractivity contribution in [3.05, 3.63) is 47.2 Å². The van der Waals surface area contributed by atoms with Gasteiger partial charge >= 0.3 is 6.09 Å². The Hall–Kier alpha value is -2.97. The zero-order chi connectivity index (χ0) is 22.7. The first kappa shape index (κ1) is 22.2. The topological polar surface area (TPSA) is 96.1 Å². The van der Waals surface area contributed by atoms with Gasteiger partial charge in [-0.05, 0) is 37.8 Å². The normalized spacial score (nSPS) is 22.0. The minimum atomic E-state index is -0.716. The SMILES string of the molecule is CC1(C(=O)Nc2cc(C3CC(OC(=O)NCc4c(F)cccc4F)C3)n[nH]2)CCCCC1. The lowest BCUT2D eigenvalue weighted by molar-refractivity contribution is -0.126. The third-order valence-corrected chi connectivity index (χ3v) is 6.61. The van der Waals surface area contributed by atoms with Gasteiger partial charge < -0.3 is 15.4 Å². The number of nitrogens with one attached hydrogen (secondary N) is 3. The Balaban J connectivity index is 1.21. The predicted molar refractivity (Wildman–Crippen MR) is 114 cm³/mol. The number of anilines is 1. The summed E-state index contributed by atoms with van der Waals surface area (Å²) in [5, 5.41) is 12.5. The van der Waals surface area contributed by atoms with Crippen LogP contribution in [0.25, 0.3) is 0 Å². The van der Waals surface area contributed by atoms with E-state index in [2.05, 4.69) is 20.8 Å². The van der Waals surface area contributed by atoms with E-state index in [0.29, 0.717) is 18.7 Å². The van der Waals surface area contributed by atoms with Gasteiger partial charge in [0.2, 0.25) is 5.91 Å². The Morgan fingerprint density at radius 1 is 1.19 bits per heavy atom. The molecule has 0 atom stereocenters. The molecule has 0 bridgehead atoms. The highest BCUT2D eigenvalue weighted by molar-refractivity contribution is 5.94. The van der Waals surface area contributed by atoms with Gasteiger partial charge in [0.25, 0.3) is 0 Å². The molecule has 0 saturated heterocycles. The van der Waals surface area contributed by atoms with Crippen LogP contribution >= 0.6 is 0 Å². The monoisotopic (exact) mass is 446 g/mol. The number of carbonyl (C=O) groups excluding carboxylic acids is 2. The van der Waals surface area contributed by atoms with E-state index in [1.165, 1.54) is 12.5 Å². The number of hydrogen-bond donors (Lipinski definition) is 3. The fourth-order valence-electron chi connectivity index (χ4n) is 4.40. The number of H-pyrrole nitrogens is 1. The summed E-state index contributed by atoms with van der Waals surface area (Å²) in [4.78, 5) is 24.6. The summed E-state index contributed by atoms with van der Waals surface area (Å²) in [7, 11) is 0. The number of benzene rings is 1. The number of alkyl carbamates (subject to hydrolysis) is 1. The summed E-state index contributed by atoms with van der Waals surface area (Å²) in [5.41, 5.74) is 0.268. The average molecular weight is 446 g/mol. The van der Waals surface area contributed by atoms with Crippen molar-refractivity contribution >= 4 is 17.8 Å². The average Bonchev–Trinajstić information content (AvgIpc) is 3.18. The summed E-state index contributed by atoms with van der Waals surface area (Å²) in [6, 6.07) is 5.37. The molecule has 0 unspecified atom stereocenters. The molecule has 2 amide bonds. The first-order valence-electron chi connectivity index (χ1n) is 11.1. The third kappa shape index (κ3) is 4.92. The molecule has 3 N–H and O–H groups in total. The zero-order valence-corrected chi connectivity index (χ0v) is 18.0. The third-order valence-electron chi connectivity index (χ3n) is 6.61. The second-order valence-electron chi connectivity index (χ2n) is 9.03. The number of hydrogen-bond acceptors (Lipinski definition) is 4. The molecule has 2 saturated carbocycles. The van der Waals surface area contributed by atoms with E-state index in [4.69, 9.17) is 4.74 Å². The van der Waals surface area contributed by atoms with Crippen LogP contribution in [0.15, 0.2) is 24.3 Å². The van der Waals surface area contributed by atoms with Crippen molar-refractivity contribution in [1.82, 2.24) is 15.5 Å². The van der Waals surface area contributed by atoms with E-state index in [9.17, 15) is 18.4 Å². The molecule has 2 aliphatic carbocycles. The van der Waals surface area contributed by atoms with Crippen LogP contribution in [0.3, 0.4) is 0 Å². The number of rotatable bonds is 6. The van der Waals surface area contributed by atoms with Gasteiger partial charge in [-0.2, -0.15) is 5.10 Å². The predicted octanol–water partition coefficient (Wildman–Crippen LogP) is 4.77. The lowest BCUT2D eigenvalue weighted by Gasteiger charge is -2.33. The fourth-order valence-corrected chi connectivity index (χ4v) is 4.40. The second-order valence-corrected chi connectivity index (χ2v) is 9.03. The van der Waals surface area contributed by atoms with Crippen LogP contribution in [-0.2, 0) is 16.1 Å². The number of aromatic amines is 1. The standard InChI is InChI=1S/C23H28F2N4O3/c1-23(8-3-2-4-9-23)21(30)27-20-12-19(28-29-20)14-10-15(11-14)32-22(31)26-13-16-17(24)6-5-7-18(16)25/h5-7,12,14-15H,2-4,8-11,13H2,1H3,(H,26,31)(H2,27,28,29,30). The molecule has 0 spiro atoms. The number of nitrogens with zero attached hydrogens (tertiary/aromatic N) is 1. The molecule has 1 aromatic carbocycles. The molecule has 4 rings (SSSR count). The molecular formula is C23H28F2N4O3. The lowest BCUT2D eigenvalue weighted by atomic mass is 9.75. The molecule has 172 valence electrons. The summed E-state index contributed by atoms with van der Waals surface area (Å²) >= 11 is 0. The number of amides is 2. The largest absolute Gasteiger partial charge is 0.446 e. The van der Waals surface area contributed by atoms with Crippen molar-refractivity contribution in [1.29, 1.82) is 0 Å². The molecule has 32 heavy (non-hydrogen) atoms. The molecule has 2 aromatic rings. The Bertz CT molecular complexity index is 961. The maximum absolute atomic E-state index is 13.6. The maximum Gasteiger partial charge on any atom is 0.407 e. The van der Waals surface area contributed by atoms with Gasteiger partial charge in [-0.25, -0.2) is 13.6 Å². The number of aromatic nitrogens is 2. The van der Waals surface area contributed by atoms with E-state index in [1.807, 2.05) is 13.0 Å². The Morgan fingerprint density at radius 2 is 1.88 bits per heavy atom. The van der Waals surface area contributed by atoms with E-state index < -0.39 is 17.7 Å². The zero-order valence-electron chi connectivity index (χ0n) is 18.0. The minimum absolute atomic E-state index is 0.0187. The second kappa shape index (κ2) is 9.26. The van der Waals surface area contributed by atoms with Crippen LogP contribution in [-0.4, -0.2) is 28.3 Å². The Kier molecular flexibility index (Phi) is 6.43. The molecular weight excluding hydrogens is 418 g/mol. The summed E-state index contributed by atoms with van der Waals surface area (Å²) in [5.74, 6) is -0.721. The summed E-state index contributed by atoms with van der Waals surface area (Å²) in [6.07, 6.45) is 5.30. The van der Waals surface area contributed by atoms with Crippen molar-refractivity contribution in [3.63, 3.8) is 0 Å². The maximum atomic E-state index is 13.6. The molecule has 9 heteroatoms. The molecule has 0 radical (unpaired) electrons. The summed E-state index contributed by atoms with van der Waals surface area (Å²) in [6.45, 7) is 1.73. The van der Waals surface area contributed by atoms with Crippen LogP contribution in [0.1, 0.15) is 69.0 Å². The van der Waals surface area contributed by atoms with Crippen molar-refractivity contribution < 1.29 is 23.1 Å². The molecule has 0 aliphatic heterocycles. The molecule has 1 heterocycles. The van der Waals surface area contributed by atoms with E-state index in [1.54, 1.807) is 0 Å². The van der Waals surface area contributed by atoms with Crippen molar-refractivity contribution in [2.24, 2.45) is 5.41 Å². The fraction of sp³-hybridized carbons (Fsp3) is 0.522. The van der Waals surface area contributed by atoms with Gasteiger partial charge in [0, 0.05) is 23.0 Å². The highest BCUT2D eigenvalue weighted by Crippen LogP contribution is 2.39. The molecule has 2 aliphatic rings. The smallest absolute Gasteiger partial charge is 0.407 e. The van der Waals surface area contributed by atoms with Crippen LogP contribution in [0, 0.1) is 17.0 Å². The first-order chi connectivity index (χ1) is 15.3. The van der Waals surface area contributed by atoms with Crippen molar-refractivity contribution in [2.75, 3.05) is 5.32 Å². The number of carbonyl (C=O) groups is 2. The van der Waals surface area contributed by atoms with Crippen LogP contribution in [0.5, 0.6) is 0 Å². The minimum Gasteiger partial charge on any atom is -0.446 e. The van der Waals surface area contributed by atoms with Gasteiger partial charge in [-0.3, -0.25) is 9.89 Å². The highest BCUT2D eigenvalue weighted by Gasteiger charge is 2.37. The number of halogens is 2. The van der Waals surface area contributed by atoms with Gasteiger partial charge in [0.15, 0.2) is 0 Å². The molecule has 1 aromatic heterocycles. The summed E-state index contributed by atoms with van der Waals surface area (Å²) < 4.78 is 32.5. The van der Waals surface area contributed by atoms with Crippen LogP contribution in [0.4, 0.5) is 19.4 Å². The van der Waals surface area contributed by atoms with Crippen molar-refractivity contribution in [2.45, 2.75) is 70.4 Å². The van der Waals surface area contributed by atoms with Gasteiger partial charge in [-0.15, -0.1) is 0 Å². The highest BCUT2D eigenvalue weighted by atomic mass is 19.1. The first-order valence-corrected chi connectivity index (χ1v) is 11.1. The van der Waals surface area contributed by atoms with E-state index in [-0.39, 0.29) is 35.5 Å². The van der Waals surface area contributed by atoms with E-state index in [0.717, 1.165) is 43.5 Å². The van der Waals surface area contributed by atoms with E-state index >= 15 is 0 Å². The van der Waals surface area contributed by atoms with Crippen LogP contribution < -0.4 is 10.6 Å². The van der Waals surface area contributed by atoms with Crippen LogP contribution in [0.2, 0.25) is 0 Å². The lowest BCUT2D eigenvalue weighted by Crippen LogP contribution is -2.36. The number of ether oxygens (including phenoxy) is 1. The molecule has 2 fully saturated rings. The molecule has 7 nitrogen and oxygen atoms in total. The van der Waals surface area contributed by atoms with Gasteiger partial charge in [-0.1, -0.05) is 32.3 Å². The Morgan fingerprint density at radius 3 is 2.56 bits per heavy atom.